The van der Waals surface area contributed by atoms with Crippen molar-refractivity contribution in [2.45, 2.75) is 18.2 Å². The lowest BCUT2D eigenvalue weighted by Crippen LogP contribution is -2.29. The summed E-state index contributed by atoms with van der Waals surface area (Å²) in [6.07, 6.45) is 3.71. The first-order valence-electron chi connectivity index (χ1n) is 8.05. The Hall–Kier alpha value is -2.41. The van der Waals surface area contributed by atoms with Gasteiger partial charge in [0.05, 0.1) is 6.42 Å². The quantitative estimate of drug-likeness (QED) is 0.375. The van der Waals surface area contributed by atoms with Gasteiger partial charge >= 0.3 is 0 Å². The van der Waals surface area contributed by atoms with E-state index in [9.17, 15) is 13.7 Å². The van der Waals surface area contributed by atoms with Crippen LogP contribution in [0.5, 0.6) is 0 Å². The SMILES string of the molecule is CC1=C(CC(=O)NN)c2cc(F)ccc2/C1=C\c1ccc([S+](C)[O-])cc1. The number of nitrogens with two attached hydrogens (primary N) is 1. The van der Waals surface area contributed by atoms with E-state index in [2.05, 4.69) is 5.43 Å². The summed E-state index contributed by atoms with van der Waals surface area (Å²) in [5.41, 5.74) is 7.27. The van der Waals surface area contributed by atoms with Gasteiger partial charge in [0.1, 0.15) is 12.1 Å². The Morgan fingerprint density at radius 2 is 1.92 bits per heavy atom. The first-order valence-corrected chi connectivity index (χ1v) is 9.61. The summed E-state index contributed by atoms with van der Waals surface area (Å²) < 4.78 is 25.3. The van der Waals surface area contributed by atoms with Gasteiger partial charge in [-0.05, 0) is 94.0 Å². The van der Waals surface area contributed by atoms with Gasteiger partial charge in [-0.15, -0.1) is 0 Å². The van der Waals surface area contributed by atoms with Crippen LogP contribution in [0.2, 0.25) is 0 Å². The molecule has 1 aliphatic rings. The van der Waals surface area contributed by atoms with Crippen LogP contribution in [0.15, 0.2) is 52.9 Å². The molecule has 0 bridgehead atoms. The molecule has 0 saturated carbocycles. The zero-order valence-corrected chi connectivity index (χ0v) is 15.3. The summed E-state index contributed by atoms with van der Waals surface area (Å²) in [6, 6.07) is 12.0. The van der Waals surface area contributed by atoms with Crippen molar-refractivity contribution >= 4 is 34.3 Å². The van der Waals surface area contributed by atoms with Crippen LogP contribution in [0.4, 0.5) is 4.39 Å². The summed E-state index contributed by atoms with van der Waals surface area (Å²) in [5, 5.41) is 0. The molecule has 1 atom stereocenters. The number of amides is 1. The van der Waals surface area contributed by atoms with Crippen LogP contribution in [0.1, 0.15) is 30.0 Å². The van der Waals surface area contributed by atoms with E-state index in [0.29, 0.717) is 5.56 Å². The Balaban J connectivity index is 2.07. The van der Waals surface area contributed by atoms with Gasteiger partial charge in [0.2, 0.25) is 5.91 Å². The van der Waals surface area contributed by atoms with Crippen LogP contribution in [-0.4, -0.2) is 16.7 Å². The molecule has 134 valence electrons. The Morgan fingerprint density at radius 3 is 2.54 bits per heavy atom. The third-order valence-corrected chi connectivity index (χ3v) is 5.41. The van der Waals surface area contributed by atoms with Crippen LogP contribution < -0.4 is 11.3 Å². The summed E-state index contributed by atoms with van der Waals surface area (Å²) in [4.78, 5) is 12.5. The maximum atomic E-state index is 13.8. The van der Waals surface area contributed by atoms with E-state index >= 15 is 0 Å². The lowest BCUT2D eigenvalue weighted by atomic mass is 10.0. The number of allylic oxidation sites excluding steroid dienone is 2. The van der Waals surface area contributed by atoms with Crippen LogP contribution in [0.25, 0.3) is 17.2 Å². The van der Waals surface area contributed by atoms with Crippen molar-refractivity contribution < 1.29 is 13.7 Å². The number of benzene rings is 2. The highest BCUT2D eigenvalue weighted by atomic mass is 32.2. The summed E-state index contributed by atoms with van der Waals surface area (Å²) in [6.45, 7) is 1.92. The van der Waals surface area contributed by atoms with Gasteiger partial charge < -0.3 is 4.55 Å². The molecule has 1 unspecified atom stereocenters. The summed E-state index contributed by atoms with van der Waals surface area (Å²) in [7, 11) is 0. The topological polar surface area (TPSA) is 78.2 Å². The first kappa shape index (κ1) is 18.4. The molecule has 0 radical (unpaired) electrons. The van der Waals surface area contributed by atoms with Gasteiger partial charge in [-0.3, -0.25) is 10.2 Å². The number of fused-ring (bicyclic) bond motifs is 1. The first-order chi connectivity index (χ1) is 12.4. The molecule has 0 fully saturated rings. The van der Waals surface area contributed by atoms with Gasteiger partial charge in [0.15, 0.2) is 4.90 Å². The van der Waals surface area contributed by atoms with Gasteiger partial charge in [-0.2, -0.15) is 0 Å². The summed E-state index contributed by atoms with van der Waals surface area (Å²) >= 11 is -1.03. The van der Waals surface area contributed by atoms with E-state index in [1.54, 1.807) is 12.3 Å². The molecule has 3 N–H and O–H groups in total. The molecule has 6 heteroatoms. The minimum atomic E-state index is -1.03. The maximum Gasteiger partial charge on any atom is 0.238 e. The zero-order valence-electron chi connectivity index (χ0n) is 14.5. The molecule has 3 rings (SSSR count). The third-order valence-electron chi connectivity index (χ3n) is 4.47. The highest BCUT2D eigenvalue weighted by Crippen LogP contribution is 2.43. The molecular weight excluding hydrogens is 351 g/mol. The van der Waals surface area contributed by atoms with Crippen LogP contribution >= 0.6 is 0 Å². The van der Waals surface area contributed by atoms with Crippen molar-refractivity contribution in [3.05, 3.63) is 70.5 Å². The van der Waals surface area contributed by atoms with Crippen LogP contribution in [0.3, 0.4) is 0 Å². The second-order valence-corrected chi connectivity index (χ2v) is 7.50. The molecule has 26 heavy (non-hydrogen) atoms. The van der Waals surface area contributed by atoms with E-state index in [0.717, 1.165) is 32.7 Å². The molecule has 1 aliphatic carbocycles. The normalized spacial score (nSPS) is 16.0. The molecular formula is C20H19FN2O2S. The molecule has 0 heterocycles. The van der Waals surface area contributed by atoms with E-state index in [-0.39, 0.29) is 18.1 Å². The molecule has 2 aromatic carbocycles. The maximum absolute atomic E-state index is 13.8. The molecule has 0 spiro atoms. The number of carbonyl (C=O) groups is 1. The smallest absolute Gasteiger partial charge is 0.238 e. The number of hydrazine groups is 1. The Kier molecular flexibility index (Phi) is 5.27. The Morgan fingerprint density at radius 1 is 1.23 bits per heavy atom. The zero-order chi connectivity index (χ0) is 18.8. The monoisotopic (exact) mass is 370 g/mol. The van der Waals surface area contributed by atoms with E-state index in [4.69, 9.17) is 5.84 Å². The fourth-order valence-electron chi connectivity index (χ4n) is 3.12. The number of halogens is 1. The minimum absolute atomic E-state index is 0.0872. The predicted molar refractivity (Wildman–Crippen MR) is 103 cm³/mol. The third kappa shape index (κ3) is 3.58. The molecule has 0 saturated heterocycles. The molecule has 4 nitrogen and oxygen atoms in total. The van der Waals surface area contributed by atoms with Crippen molar-refractivity contribution in [2.75, 3.05) is 6.26 Å². The number of rotatable bonds is 4. The number of hydrogen-bond donors (Lipinski definition) is 2. The van der Waals surface area contributed by atoms with E-state index < -0.39 is 11.2 Å². The molecule has 1 amide bonds. The van der Waals surface area contributed by atoms with Crippen molar-refractivity contribution in [2.24, 2.45) is 5.84 Å². The van der Waals surface area contributed by atoms with Crippen molar-refractivity contribution in [1.82, 2.24) is 5.43 Å². The predicted octanol–water partition coefficient (Wildman–Crippen LogP) is 3.27. The fraction of sp³-hybridized carbons (Fsp3) is 0.150. The minimum Gasteiger partial charge on any atom is -0.612 e. The fourth-order valence-corrected chi connectivity index (χ4v) is 3.63. The highest BCUT2D eigenvalue weighted by Gasteiger charge is 2.25. The molecule has 0 aromatic heterocycles. The van der Waals surface area contributed by atoms with Gasteiger partial charge in [0, 0.05) is 0 Å². The lowest BCUT2D eigenvalue weighted by molar-refractivity contribution is -0.120. The van der Waals surface area contributed by atoms with Crippen LogP contribution in [-0.2, 0) is 16.0 Å². The number of hydrogen-bond acceptors (Lipinski definition) is 3. The summed E-state index contributed by atoms with van der Waals surface area (Å²) in [5.74, 6) is 4.53. The Labute approximate surface area is 154 Å². The van der Waals surface area contributed by atoms with Gasteiger partial charge in [-0.1, -0.05) is 6.07 Å². The van der Waals surface area contributed by atoms with Crippen molar-refractivity contribution in [1.29, 1.82) is 0 Å². The second kappa shape index (κ2) is 7.45. The average molecular weight is 370 g/mol. The van der Waals surface area contributed by atoms with Crippen molar-refractivity contribution in [3.8, 4) is 0 Å². The second-order valence-electron chi connectivity index (χ2n) is 6.12. The average Bonchev–Trinajstić information content (AvgIpc) is 2.87. The Bertz CT molecular complexity index is 918. The number of carbonyl (C=O) groups excluding carboxylic acids is 1. The van der Waals surface area contributed by atoms with Crippen LogP contribution in [0, 0.1) is 5.82 Å². The molecule has 0 aliphatic heterocycles. The lowest BCUT2D eigenvalue weighted by Gasteiger charge is -2.06. The van der Waals surface area contributed by atoms with Gasteiger partial charge in [-0.25, -0.2) is 10.2 Å². The number of nitrogens with one attached hydrogen (secondary N) is 1. The van der Waals surface area contributed by atoms with Gasteiger partial charge in [0.25, 0.3) is 0 Å². The van der Waals surface area contributed by atoms with Crippen molar-refractivity contribution in [3.63, 3.8) is 0 Å². The molecule has 2 aromatic rings. The van der Waals surface area contributed by atoms with E-state index in [1.807, 2.05) is 37.3 Å². The standard InChI is InChI=1S/C20H19FN2O2S/c1-12-17(9-13-3-6-15(7-4-13)26(2)25)16-8-5-14(21)10-19(16)18(12)11-20(24)23-22/h3-10H,11,22H2,1-2H3,(H,23,24)/b17-9-. The largest absolute Gasteiger partial charge is 0.612 e. The van der Waals surface area contributed by atoms with E-state index in [1.165, 1.54) is 12.1 Å². The highest BCUT2D eigenvalue weighted by molar-refractivity contribution is 7.90.